The second kappa shape index (κ2) is 7.61. The lowest BCUT2D eigenvalue weighted by atomic mass is 10.1. The van der Waals surface area contributed by atoms with Gasteiger partial charge < -0.3 is 10.6 Å². The van der Waals surface area contributed by atoms with Crippen molar-refractivity contribution in [3.63, 3.8) is 0 Å². The summed E-state index contributed by atoms with van der Waals surface area (Å²) in [5, 5.41) is 28.4. The highest BCUT2D eigenvalue weighted by atomic mass is 16.2. The fourth-order valence-electron chi connectivity index (χ4n) is 3.07. The van der Waals surface area contributed by atoms with Gasteiger partial charge in [-0.1, -0.05) is 24.6 Å². The number of aromatic nitrogens is 2. The van der Waals surface area contributed by atoms with Crippen molar-refractivity contribution in [2.24, 2.45) is 5.92 Å². The predicted molar refractivity (Wildman–Crippen MR) is 91.7 cm³/mol. The van der Waals surface area contributed by atoms with E-state index in [0.29, 0.717) is 11.4 Å². The molecule has 2 aromatic rings. The van der Waals surface area contributed by atoms with Crippen LogP contribution in [0.15, 0.2) is 36.5 Å². The van der Waals surface area contributed by atoms with Crippen LogP contribution in [0.3, 0.4) is 0 Å². The van der Waals surface area contributed by atoms with E-state index in [0.717, 1.165) is 24.9 Å². The smallest absolute Gasteiger partial charge is 0.239 e. The van der Waals surface area contributed by atoms with Crippen molar-refractivity contribution < 1.29 is 4.79 Å². The maximum absolute atomic E-state index is 12.3. The van der Waals surface area contributed by atoms with E-state index < -0.39 is 0 Å². The Kier molecular flexibility index (Phi) is 5.08. The molecule has 1 fully saturated rings. The molecule has 1 saturated carbocycles. The standard InChI is InChI=1S/C18H18N6O/c19-9-13-5-4-8-16(13)21-12-17(25)23-18-14(10-20)11-22-24(18)15-6-2-1-3-7-15/h1-3,6-7,11,13,16,21H,4-5,8,12H2,(H,23,25)/t13-,16+/m1/s1. The number of nitriles is 2. The first-order valence-electron chi connectivity index (χ1n) is 8.19. The van der Waals surface area contributed by atoms with E-state index in [9.17, 15) is 10.1 Å². The summed E-state index contributed by atoms with van der Waals surface area (Å²) in [4.78, 5) is 12.3. The Morgan fingerprint density at radius 2 is 2.08 bits per heavy atom. The van der Waals surface area contributed by atoms with Crippen molar-refractivity contribution in [3.8, 4) is 17.8 Å². The van der Waals surface area contributed by atoms with Gasteiger partial charge in [0.25, 0.3) is 0 Å². The summed E-state index contributed by atoms with van der Waals surface area (Å²) in [5.41, 5.74) is 1.06. The van der Waals surface area contributed by atoms with Gasteiger partial charge in [-0.15, -0.1) is 0 Å². The third kappa shape index (κ3) is 3.68. The monoisotopic (exact) mass is 334 g/mol. The van der Waals surface area contributed by atoms with Crippen LogP contribution in [0.2, 0.25) is 0 Å². The van der Waals surface area contributed by atoms with Crippen molar-refractivity contribution in [1.29, 1.82) is 10.5 Å². The first kappa shape index (κ1) is 16.7. The molecular formula is C18H18N6O. The molecule has 7 nitrogen and oxygen atoms in total. The molecule has 0 aliphatic heterocycles. The van der Waals surface area contributed by atoms with E-state index in [-0.39, 0.29) is 24.4 Å². The highest BCUT2D eigenvalue weighted by Gasteiger charge is 2.27. The average Bonchev–Trinajstić information content (AvgIpc) is 3.26. The zero-order valence-corrected chi connectivity index (χ0v) is 13.6. The maximum atomic E-state index is 12.3. The molecule has 1 heterocycles. The third-order valence-electron chi connectivity index (χ3n) is 4.35. The average molecular weight is 334 g/mol. The van der Waals surface area contributed by atoms with Gasteiger partial charge in [0.05, 0.1) is 30.4 Å². The second-order valence-electron chi connectivity index (χ2n) is 5.97. The molecule has 7 heteroatoms. The van der Waals surface area contributed by atoms with Gasteiger partial charge in [0.2, 0.25) is 5.91 Å². The van der Waals surface area contributed by atoms with E-state index in [1.807, 2.05) is 36.4 Å². The number of carbonyl (C=O) groups excluding carboxylic acids is 1. The summed E-state index contributed by atoms with van der Waals surface area (Å²) >= 11 is 0. The Balaban J connectivity index is 1.70. The number of hydrogen-bond acceptors (Lipinski definition) is 5. The molecular weight excluding hydrogens is 316 g/mol. The molecule has 1 aliphatic rings. The lowest BCUT2D eigenvalue weighted by molar-refractivity contribution is -0.115. The Labute approximate surface area is 145 Å². The number of para-hydroxylation sites is 1. The van der Waals surface area contributed by atoms with Crippen LogP contribution in [0.5, 0.6) is 0 Å². The number of carbonyl (C=O) groups is 1. The van der Waals surface area contributed by atoms with Gasteiger partial charge in [-0.25, -0.2) is 4.68 Å². The zero-order valence-electron chi connectivity index (χ0n) is 13.6. The zero-order chi connectivity index (χ0) is 17.6. The third-order valence-corrected chi connectivity index (χ3v) is 4.35. The first-order valence-corrected chi connectivity index (χ1v) is 8.19. The van der Waals surface area contributed by atoms with Gasteiger partial charge in [0.1, 0.15) is 11.6 Å². The van der Waals surface area contributed by atoms with E-state index in [2.05, 4.69) is 21.8 Å². The molecule has 1 aliphatic carbocycles. The summed E-state index contributed by atoms with van der Waals surface area (Å²) in [7, 11) is 0. The first-order chi connectivity index (χ1) is 12.2. The lowest BCUT2D eigenvalue weighted by Crippen LogP contribution is -2.38. The molecule has 1 aromatic heterocycles. The SMILES string of the molecule is N#Cc1cnn(-c2ccccc2)c1NC(=O)CN[C@H]1CCC[C@@H]1C#N. The minimum Gasteiger partial charge on any atom is -0.308 e. The molecule has 0 bridgehead atoms. The Hall–Kier alpha value is -3.16. The van der Waals surface area contributed by atoms with Gasteiger partial charge in [0, 0.05) is 6.04 Å². The molecule has 25 heavy (non-hydrogen) atoms. The number of nitrogens with one attached hydrogen (secondary N) is 2. The molecule has 2 atom stereocenters. The van der Waals surface area contributed by atoms with Gasteiger partial charge in [0.15, 0.2) is 5.82 Å². The highest BCUT2D eigenvalue weighted by molar-refractivity contribution is 5.93. The quantitative estimate of drug-likeness (QED) is 0.869. The molecule has 2 N–H and O–H groups in total. The van der Waals surface area contributed by atoms with Gasteiger partial charge >= 0.3 is 0 Å². The Morgan fingerprint density at radius 1 is 1.28 bits per heavy atom. The van der Waals surface area contributed by atoms with Crippen molar-refractivity contribution in [3.05, 3.63) is 42.1 Å². The van der Waals surface area contributed by atoms with Crippen LogP contribution >= 0.6 is 0 Å². The molecule has 126 valence electrons. The summed E-state index contributed by atoms with van der Waals surface area (Å²) in [6.45, 7) is 0.0910. The fourth-order valence-corrected chi connectivity index (χ4v) is 3.07. The second-order valence-corrected chi connectivity index (χ2v) is 5.97. The summed E-state index contributed by atoms with van der Waals surface area (Å²) in [5.74, 6) is 0.0406. The van der Waals surface area contributed by atoms with E-state index in [1.165, 1.54) is 10.9 Å². The summed E-state index contributed by atoms with van der Waals surface area (Å²) in [6.07, 6.45) is 4.20. The number of benzene rings is 1. The number of anilines is 1. The van der Waals surface area contributed by atoms with Crippen LogP contribution < -0.4 is 10.6 Å². The highest BCUT2D eigenvalue weighted by Crippen LogP contribution is 2.24. The van der Waals surface area contributed by atoms with Crippen LogP contribution in [-0.4, -0.2) is 28.3 Å². The van der Waals surface area contributed by atoms with Gasteiger partial charge in [-0.2, -0.15) is 15.6 Å². The van der Waals surface area contributed by atoms with E-state index in [1.54, 1.807) is 0 Å². The molecule has 1 amide bonds. The molecule has 0 unspecified atom stereocenters. The Morgan fingerprint density at radius 3 is 2.80 bits per heavy atom. The summed E-state index contributed by atoms with van der Waals surface area (Å²) < 4.78 is 1.53. The normalized spacial score (nSPS) is 19.1. The van der Waals surface area contributed by atoms with Gasteiger partial charge in [-0.3, -0.25) is 4.79 Å². The van der Waals surface area contributed by atoms with Crippen LogP contribution in [0.25, 0.3) is 5.69 Å². The minimum absolute atomic E-state index is 0.0442. The summed E-state index contributed by atoms with van der Waals surface area (Å²) in [6, 6.07) is 13.7. The van der Waals surface area contributed by atoms with Crippen LogP contribution in [0, 0.1) is 28.6 Å². The minimum atomic E-state index is -0.266. The predicted octanol–water partition coefficient (Wildman–Crippen LogP) is 1.96. The van der Waals surface area contributed by atoms with E-state index >= 15 is 0 Å². The van der Waals surface area contributed by atoms with Gasteiger partial charge in [-0.05, 0) is 25.0 Å². The Bertz CT molecular complexity index is 829. The van der Waals surface area contributed by atoms with Crippen LogP contribution in [0.4, 0.5) is 5.82 Å². The van der Waals surface area contributed by atoms with Crippen molar-refractivity contribution in [2.75, 3.05) is 11.9 Å². The number of nitrogens with zero attached hydrogens (tertiary/aromatic N) is 4. The number of amides is 1. The molecule has 0 spiro atoms. The largest absolute Gasteiger partial charge is 0.308 e. The van der Waals surface area contributed by atoms with Crippen molar-refractivity contribution >= 4 is 11.7 Å². The lowest BCUT2D eigenvalue weighted by Gasteiger charge is -2.15. The number of rotatable bonds is 5. The van der Waals surface area contributed by atoms with Crippen LogP contribution in [-0.2, 0) is 4.79 Å². The molecule has 0 radical (unpaired) electrons. The van der Waals surface area contributed by atoms with Crippen molar-refractivity contribution in [1.82, 2.24) is 15.1 Å². The molecule has 3 rings (SSSR count). The van der Waals surface area contributed by atoms with Crippen molar-refractivity contribution in [2.45, 2.75) is 25.3 Å². The van der Waals surface area contributed by atoms with E-state index in [4.69, 9.17) is 5.26 Å². The fraction of sp³-hybridized carbons (Fsp3) is 0.333. The maximum Gasteiger partial charge on any atom is 0.239 e. The topological polar surface area (TPSA) is 107 Å². The molecule has 1 aromatic carbocycles. The molecule has 0 saturated heterocycles. The number of hydrogen-bond donors (Lipinski definition) is 2. The van der Waals surface area contributed by atoms with Crippen LogP contribution in [0.1, 0.15) is 24.8 Å².